The van der Waals surface area contributed by atoms with Gasteiger partial charge in [0.25, 0.3) is 5.91 Å². The second-order valence-electron chi connectivity index (χ2n) is 5.36. The molecule has 5 nitrogen and oxygen atoms in total. The van der Waals surface area contributed by atoms with Crippen molar-refractivity contribution in [2.24, 2.45) is 5.92 Å². The van der Waals surface area contributed by atoms with Crippen LogP contribution < -0.4 is 11.1 Å². The number of nitrogens with zero attached hydrogens (tertiary/aromatic N) is 2. The molecular formula is C13H22N4OS. The lowest BCUT2D eigenvalue weighted by molar-refractivity contribution is 0.0730. The molecule has 1 aromatic heterocycles. The molecule has 0 aliphatic carbocycles. The molecule has 0 spiro atoms. The van der Waals surface area contributed by atoms with Crippen molar-refractivity contribution in [1.82, 2.24) is 9.88 Å². The third kappa shape index (κ3) is 3.59. The Kier molecular flexibility index (Phi) is 4.63. The first-order valence-corrected chi connectivity index (χ1v) is 7.69. The summed E-state index contributed by atoms with van der Waals surface area (Å²) in [5.41, 5.74) is 5.87. The standard InChI is InChI=1S/C13H22N4OS/c1-9(2)8-15-13-16-11(14)10(19-13)12(18)17-6-4-3-5-7-17/h9H,3-8,14H2,1-2H3,(H,15,16). The van der Waals surface area contributed by atoms with Crippen LogP contribution in [0.1, 0.15) is 42.8 Å². The van der Waals surface area contributed by atoms with E-state index in [0.29, 0.717) is 16.6 Å². The zero-order valence-corrected chi connectivity index (χ0v) is 12.4. The number of rotatable bonds is 4. The summed E-state index contributed by atoms with van der Waals surface area (Å²) >= 11 is 1.36. The van der Waals surface area contributed by atoms with E-state index in [-0.39, 0.29) is 5.91 Å². The fourth-order valence-corrected chi connectivity index (χ4v) is 2.95. The van der Waals surface area contributed by atoms with Gasteiger partial charge in [0.2, 0.25) is 0 Å². The van der Waals surface area contributed by atoms with E-state index in [2.05, 4.69) is 24.1 Å². The van der Waals surface area contributed by atoms with Gasteiger partial charge in [0, 0.05) is 19.6 Å². The lowest BCUT2D eigenvalue weighted by Gasteiger charge is -2.26. The molecule has 0 aromatic carbocycles. The molecule has 0 saturated carbocycles. The van der Waals surface area contributed by atoms with Crippen molar-refractivity contribution in [3.8, 4) is 0 Å². The predicted octanol–water partition coefficient (Wildman–Crippen LogP) is 2.42. The SMILES string of the molecule is CC(C)CNc1nc(N)c(C(=O)N2CCCCC2)s1. The minimum absolute atomic E-state index is 0.0345. The number of nitrogens with one attached hydrogen (secondary N) is 1. The Balaban J connectivity index is 2.04. The Hall–Kier alpha value is -1.30. The molecule has 1 aromatic rings. The lowest BCUT2D eigenvalue weighted by atomic mass is 10.1. The van der Waals surface area contributed by atoms with E-state index in [9.17, 15) is 4.79 Å². The summed E-state index contributed by atoms with van der Waals surface area (Å²) in [6.07, 6.45) is 3.38. The van der Waals surface area contributed by atoms with Gasteiger partial charge < -0.3 is 16.0 Å². The summed E-state index contributed by atoms with van der Waals surface area (Å²) in [6, 6.07) is 0. The highest BCUT2D eigenvalue weighted by atomic mass is 32.1. The van der Waals surface area contributed by atoms with Gasteiger partial charge in [-0.15, -0.1) is 0 Å². The largest absolute Gasteiger partial charge is 0.382 e. The van der Waals surface area contributed by atoms with Crippen LogP contribution in [-0.4, -0.2) is 35.4 Å². The topological polar surface area (TPSA) is 71.2 Å². The van der Waals surface area contributed by atoms with E-state index in [1.807, 2.05) is 4.90 Å². The number of carbonyl (C=O) groups is 1. The molecule has 1 fully saturated rings. The van der Waals surface area contributed by atoms with E-state index >= 15 is 0 Å². The molecule has 106 valence electrons. The maximum absolute atomic E-state index is 12.4. The Bertz CT molecular complexity index is 438. The number of thiazole rings is 1. The fourth-order valence-electron chi connectivity index (χ4n) is 2.09. The molecule has 0 radical (unpaired) electrons. The molecule has 1 aliphatic heterocycles. The molecule has 0 bridgehead atoms. The average Bonchev–Trinajstić information content (AvgIpc) is 2.78. The van der Waals surface area contributed by atoms with Crippen LogP contribution in [0.3, 0.4) is 0 Å². The van der Waals surface area contributed by atoms with Gasteiger partial charge in [-0.3, -0.25) is 4.79 Å². The number of carbonyl (C=O) groups excluding carboxylic acids is 1. The van der Waals surface area contributed by atoms with Crippen LogP contribution in [0, 0.1) is 5.92 Å². The zero-order chi connectivity index (χ0) is 13.8. The lowest BCUT2D eigenvalue weighted by Crippen LogP contribution is -2.35. The van der Waals surface area contributed by atoms with Gasteiger partial charge in [0.15, 0.2) is 5.13 Å². The maximum Gasteiger partial charge on any atom is 0.267 e. The van der Waals surface area contributed by atoms with E-state index in [1.54, 1.807) is 0 Å². The highest BCUT2D eigenvalue weighted by molar-refractivity contribution is 7.18. The van der Waals surface area contributed by atoms with Crippen molar-refractivity contribution in [3.63, 3.8) is 0 Å². The van der Waals surface area contributed by atoms with Crippen LogP contribution >= 0.6 is 11.3 Å². The van der Waals surface area contributed by atoms with Crippen molar-refractivity contribution in [2.45, 2.75) is 33.1 Å². The Morgan fingerprint density at radius 3 is 2.74 bits per heavy atom. The molecule has 19 heavy (non-hydrogen) atoms. The average molecular weight is 282 g/mol. The number of hydrogen-bond donors (Lipinski definition) is 2. The van der Waals surface area contributed by atoms with E-state index in [1.165, 1.54) is 17.8 Å². The van der Waals surface area contributed by atoms with E-state index in [0.717, 1.165) is 37.6 Å². The van der Waals surface area contributed by atoms with Crippen molar-refractivity contribution < 1.29 is 4.79 Å². The van der Waals surface area contributed by atoms with Crippen molar-refractivity contribution in [1.29, 1.82) is 0 Å². The number of amides is 1. The molecule has 1 saturated heterocycles. The molecule has 2 heterocycles. The summed E-state index contributed by atoms with van der Waals surface area (Å²) < 4.78 is 0. The second kappa shape index (κ2) is 6.23. The maximum atomic E-state index is 12.4. The molecule has 1 amide bonds. The number of aromatic nitrogens is 1. The summed E-state index contributed by atoms with van der Waals surface area (Å²) in [6.45, 7) is 6.77. The first kappa shape index (κ1) is 14.1. The van der Waals surface area contributed by atoms with Gasteiger partial charge in [-0.2, -0.15) is 0 Å². The predicted molar refractivity (Wildman–Crippen MR) is 79.6 cm³/mol. The van der Waals surface area contributed by atoms with Crippen molar-refractivity contribution in [3.05, 3.63) is 4.88 Å². The molecule has 0 atom stereocenters. The van der Waals surface area contributed by atoms with Gasteiger partial charge in [-0.1, -0.05) is 25.2 Å². The monoisotopic (exact) mass is 282 g/mol. The summed E-state index contributed by atoms with van der Waals surface area (Å²) in [5, 5.41) is 3.96. The molecule has 0 unspecified atom stereocenters. The minimum atomic E-state index is 0.0345. The first-order valence-electron chi connectivity index (χ1n) is 6.87. The summed E-state index contributed by atoms with van der Waals surface area (Å²) in [5.74, 6) is 0.922. The van der Waals surface area contributed by atoms with Crippen LogP contribution in [0.15, 0.2) is 0 Å². The normalized spacial score (nSPS) is 15.8. The van der Waals surface area contributed by atoms with Gasteiger partial charge >= 0.3 is 0 Å². The van der Waals surface area contributed by atoms with Crippen LogP contribution in [0.25, 0.3) is 0 Å². The van der Waals surface area contributed by atoms with Gasteiger partial charge in [-0.25, -0.2) is 4.98 Å². The van der Waals surface area contributed by atoms with Crippen LogP contribution in [0.4, 0.5) is 10.9 Å². The van der Waals surface area contributed by atoms with Crippen LogP contribution in [-0.2, 0) is 0 Å². The molecule has 3 N–H and O–H groups in total. The third-order valence-corrected chi connectivity index (χ3v) is 4.17. The highest BCUT2D eigenvalue weighted by Crippen LogP contribution is 2.27. The highest BCUT2D eigenvalue weighted by Gasteiger charge is 2.23. The third-order valence-electron chi connectivity index (χ3n) is 3.15. The van der Waals surface area contributed by atoms with Gasteiger partial charge in [0.1, 0.15) is 10.7 Å². The quantitative estimate of drug-likeness (QED) is 0.889. The number of hydrogen-bond acceptors (Lipinski definition) is 5. The zero-order valence-electron chi connectivity index (χ0n) is 11.6. The number of nitrogens with two attached hydrogens (primary N) is 1. The van der Waals surface area contributed by atoms with Gasteiger partial charge in [0.05, 0.1) is 0 Å². The molecule has 2 rings (SSSR count). The summed E-state index contributed by atoms with van der Waals surface area (Å²) in [4.78, 5) is 19.1. The molecular weight excluding hydrogens is 260 g/mol. The van der Waals surface area contributed by atoms with Gasteiger partial charge in [-0.05, 0) is 25.2 Å². The minimum Gasteiger partial charge on any atom is -0.382 e. The van der Waals surface area contributed by atoms with Crippen LogP contribution in [0.5, 0.6) is 0 Å². The summed E-state index contributed by atoms with van der Waals surface area (Å²) in [7, 11) is 0. The molecule has 1 aliphatic rings. The fraction of sp³-hybridized carbons (Fsp3) is 0.692. The van der Waals surface area contributed by atoms with Crippen molar-refractivity contribution >= 4 is 28.2 Å². The Labute approximate surface area is 118 Å². The number of anilines is 2. The first-order chi connectivity index (χ1) is 9.08. The van der Waals surface area contributed by atoms with E-state index in [4.69, 9.17) is 5.73 Å². The molecule has 6 heteroatoms. The Morgan fingerprint density at radius 1 is 1.42 bits per heavy atom. The van der Waals surface area contributed by atoms with Crippen LogP contribution in [0.2, 0.25) is 0 Å². The second-order valence-corrected chi connectivity index (χ2v) is 6.36. The Morgan fingerprint density at radius 2 is 2.11 bits per heavy atom. The number of nitrogen functional groups attached to an aromatic ring is 1. The number of likely N-dealkylation sites (tertiary alicyclic amines) is 1. The van der Waals surface area contributed by atoms with E-state index < -0.39 is 0 Å². The smallest absolute Gasteiger partial charge is 0.267 e. The van der Waals surface area contributed by atoms with Crippen molar-refractivity contribution in [2.75, 3.05) is 30.7 Å². The number of piperidine rings is 1.